The molecule has 1 aliphatic rings. The minimum atomic E-state index is -1.21. The van der Waals surface area contributed by atoms with Gasteiger partial charge in [-0.15, -0.1) is 0 Å². The van der Waals surface area contributed by atoms with Crippen LogP contribution in [-0.2, 0) is 23.9 Å². The Labute approximate surface area is 122 Å². The third-order valence-corrected chi connectivity index (χ3v) is 3.93. The van der Waals surface area contributed by atoms with Gasteiger partial charge in [-0.3, -0.25) is 14.4 Å². The minimum absolute atomic E-state index is 0.584. The highest BCUT2D eigenvalue weighted by Gasteiger charge is 2.64. The van der Waals surface area contributed by atoms with Crippen molar-refractivity contribution in [1.29, 1.82) is 0 Å². The van der Waals surface area contributed by atoms with Gasteiger partial charge in [-0.25, -0.2) is 0 Å². The summed E-state index contributed by atoms with van der Waals surface area (Å²) in [5.74, 6) is -4.93. The largest absolute Gasteiger partial charge is 0.481 e. The highest BCUT2D eigenvalue weighted by molar-refractivity contribution is 5.84. The molecule has 0 aromatic heterocycles. The van der Waals surface area contributed by atoms with Gasteiger partial charge in [0, 0.05) is 6.92 Å². The molecule has 0 radical (unpaired) electrons. The second-order valence-corrected chi connectivity index (χ2v) is 6.13. The molecule has 0 bridgehead atoms. The molecule has 2 unspecified atom stereocenters. The average Bonchev–Trinajstić information content (AvgIpc) is 2.46. The molecule has 1 fully saturated rings. The standard InChI is InChI=1S/C13H21NO7/c1-7(15)20-6-21-11(18)9-8(10(16)17)12(2,3)14(19)13(9,4)5/h8-9,19H,6H2,1-5H3,(H,16,17). The molecule has 8 heteroatoms. The Morgan fingerprint density at radius 2 is 1.52 bits per heavy atom. The summed E-state index contributed by atoms with van der Waals surface area (Å²) in [4.78, 5) is 34.3. The highest BCUT2D eigenvalue weighted by atomic mass is 16.7. The smallest absolute Gasteiger partial charge is 0.314 e. The third-order valence-electron chi connectivity index (χ3n) is 3.93. The maximum Gasteiger partial charge on any atom is 0.314 e. The van der Waals surface area contributed by atoms with E-state index in [1.165, 1.54) is 13.8 Å². The van der Waals surface area contributed by atoms with Crippen molar-refractivity contribution in [3.05, 3.63) is 0 Å². The van der Waals surface area contributed by atoms with E-state index in [4.69, 9.17) is 4.74 Å². The molecule has 0 amide bonds. The maximum absolute atomic E-state index is 12.2. The SMILES string of the molecule is CC(=O)OCOC(=O)C1C(C(=O)O)C(C)(C)N(O)C1(C)C. The van der Waals surface area contributed by atoms with Crippen molar-refractivity contribution >= 4 is 17.9 Å². The van der Waals surface area contributed by atoms with Crippen molar-refractivity contribution in [3.63, 3.8) is 0 Å². The fourth-order valence-corrected chi connectivity index (χ4v) is 2.95. The number of carbonyl (C=O) groups excluding carboxylic acids is 2. The summed E-state index contributed by atoms with van der Waals surface area (Å²) in [6.07, 6.45) is 0. The van der Waals surface area contributed by atoms with Crippen LogP contribution in [0.1, 0.15) is 34.6 Å². The second kappa shape index (κ2) is 5.61. The number of rotatable bonds is 4. The van der Waals surface area contributed by atoms with Gasteiger partial charge in [-0.1, -0.05) is 0 Å². The van der Waals surface area contributed by atoms with Crippen molar-refractivity contribution in [3.8, 4) is 0 Å². The van der Waals surface area contributed by atoms with Crippen molar-refractivity contribution in [2.75, 3.05) is 6.79 Å². The molecule has 21 heavy (non-hydrogen) atoms. The Morgan fingerprint density at radius 3 is 1.95 bits per heavy atom. The van der Waals surface area contributed by atoms with E-state index in [1.807, 2.05) is 0 Å². The van der Waals surface area contributed by atoms with Gasteiger partial charge in [-0.05, 0) is 27.7 Å². The summed E-state index contributed by atoms with van der Waals surface area (Å²) < 4.78 is 9.32. The molecular weight excluding hydrogens is 282 g/mol. The predicted octanol–water partition coefficient (Wildman–Crippen LogP) is 0.629. The molecule has 8 nitrogen and oxygen atoms in total. The van der Waals surface area contributed by atoms with Crippen LogP contribution in [0.2, 0.25) is 0 Å². The monoisotopic (exact) mass is 303 g/mol. The highest BCUT2D eigenvalue weighted by Crippen LogP contribution is 2.48. The van der Waals surface area contributed by atoms with Crippen LogP contribution in [0.5, 0.6) is 0 Å². The quantitative estimate of drug-likeness (QED) is 0.574. The summed E-state index contributed by atoms with van der Waals surface area (Å²) in [7, 11) is 0. The Hall–Kier alpha value is -1.67. The molecule has 2 atom stereocenters. The lowest BCUT2D eigenvalue weighted by atomic mass is 9.77. The number of carboxylic acid groups (broad SMARTS) is 1. The maximum atomic E-state index is 12.2. The predicted molar refractivity (Wildman–Crippen MR) is 69.1 cm³/mol. The van der Waals surface area contributed by atoms with Crippen molar-refractivity contribution in [1.82, 2.24) is 5.06 Å². The minimum Gasteiger partial charge on any atom is -0.481 e. The molecule has 1 aliphatic heterocycles. The fourth-order valence-electron chi connectivity index (χ4n) is 2.95. The number of nitrogens with zero attached hydrogens (tertiary/aromatic N) is 1. The molecule has 1 heterocycles. The number of esters is 2. The lowest BCUT2D eigenvalue weighted by Crippen LogP contribution is -2.49. The van der Waals surface area contributed by atoms with Crippen LogP contribution >= 0.6 is 0 Å². The second-order valence-electron chi connectivity index (χ2n) is 6.13. The van der Waals surface area contributed by atoms with E-state index < -0.39 is 47.6 Å². The van der Waals surface area contributed by atoms with E-state index in [-0.39, 0.29) is 0 Å². The Bertz CT molecular complexity index is 457. The molecule has 0 saturated carbocycles. The molecule has 0 aromatic carbocycles. The molecule has 0 aromatic rings. The summed E-state index contributed by atoms with van der Waals surface area (Å²) in [5, 5.41) is 20.5. The zero-order valence-corrected chi connectivity index (χ0v) is 12.7. The first kappa shape index (κ1) is 17.4. The molecular formula is C13H21NO7. The molecule has 1 rings (SSSR count). The normalized spacial score (nSPS) is 27.1. The van der Waals surface area contributed by atoms with E-state index in [0.717, 1.165) is 12.0 Å². The van der Waals surface area contributed by atoms with Crippen LogP contribution in [0.3, 0.4) is 0 Å². The topological polar surface area (TPSA) is 113 Å². The van der Waals surface area contributed by atoms with Crippen LogP contribution < -0.4 is 0 Å². The first-order chi connectivity index (χ1) is 9.44. The number of ether oxygens (including phenoxy) is 2. The van der Waals surface area contributed by atoms with E-state index in [1.54, 1.807) is 13.8 Å². The average molecular weight is 303 g/mol. The number of carbonyl (C=O) groups is 3. The Balaban J connectivity index is 3.03. The van der Waals surface area contributed by atoms with Gasteiger partial charge in [0.2, 0.25) is 6.79 Å². The van der Waals surface area contributed by atoms with Gasteiger partial charge in [0.05, 0.1) is 22.9 Å². The van der Waals surface area contributed by atoms with Crippen molar-refractivity contribution < 1.29 is 34.2 Å². The van der Waals surface area contributed by atoms with E-state index >= 15 is 0 Å². The Morgan fingerprint density at radius 1 is 1.05 bits per heavy atom. The van der Waals surface area contributed by atoms with Crippen LogP contribution in [-0.4, -0.2) is 51.2 Å². The first-order valence-electron chi connectivity index (χ1n) is 6.46. The van der Waals surface area contributed by atoms with Gasteiger partial charge in [0.1, 0.15) is 0 Å². The zero-order valence-electron chi connectivity index (χ0n) is 12.7. The van der Waals surface area contributed by atoms with Gasteiger partial charge >= 0.3 is 17.9 Å². The first-order valence-corrected chi connectivity index (χ1v) is 6.46. The van der Waals surface area contributed by atoms with Crippen LogP contribution in [0.15, 0.2) is 0 Å². The summed E-state index contributed by atoms with van der Waals surface area (Å²) >= 11 is 0. The number of hydrogen-bond acceptors (Lipinski definition) is 7. The zero-order chi connectivity index (χ0) is 16.6. The van der Waals surface area contributed by atoms with E-state index in [2.05, 4.69) is 4.74 Å². The molecule has 2 N–H and O–H groups in total. The van der Waals surface area contributed by atoms with Crippen LogP contribution in [0.4, 0.5) is 0 Å². The van der Waals surface area contributed by atoms with E-state index in [9.17, 15) is 24.7 Å². The van der Waals surface area contributed by atoms with Crippen molar-refractivity contribution in [2.24, 2.45) is 11.8 Å². The molecule has 0 aliphatic carbocycles. The fraction of sp³-hybridized carbons (Fsp3) is 0.769. The number of carboxylic acids is 1. The molecule has 0 spiro atoms. The third kappa shape index (κ3) is 3.01. The summed E-state index contributed by atoms with van der Waals surface area (Å²) in [5.41, 5.74) is -2.29. The molecule has 1 saturated heterocycles. The van der Waals surface area contributed by atoms with Gasteiger partial charge in [-0.2, -0.15) is 5.06 Å². The van der Waals surface area contributed by atoms with Gasteiger partial charge < -0.3 is 19.8 Å². The summed E-state index contributed by atoms with van der Waals surface area (Å²) in [6.45, 7) is 6.75. The van der Waals surface area contributed by atoms with E-state index in [0.29, 0.717) is 0 Å². The van der Waals surface area contributed by atoms with Gasteiger partial charge in [0.25, 0.3) is 0 Å². The number of hydroxylamine groups is 2. The molecule has 120 valence electrons. The van der Waals surface area contributed by atoms with Crippen LogP contribution in [0, 0.1) is 11.8 Å². The van der Waals surface area contributed by atoms with Crippen molar-refractivity contribution in [2.45, 2.75) is 45.7 Å². The number of hydrogen-bond donors (Lipinski definition) is 2. The van der Waals surface area contributed by atoms with Gasteiger partial charge in [0.15, 0.2) is 0 Å². The number of aliphatic carboxylic acids is 1. The Kier molecular flexibility index (Phi) is 4.64. The lowest BCUT2D eigenvalue weighted by Gasteiger charge is -2.35. The van der Waals surface area contributed by atoms with Crippen LogP contribution in [0.25, 0.3) is 0 Å². The lowest BCUT2D eigenvalue weighted by molar-refractivity contribution is -0.204. The summed E-state index contributed by atoms with van der Waals surface area (Å²) in [6, 6.07) is 0.